The molecule has 0 bridgehead atoms. The van der Waals surface area contributed by atoms with Gasteiger partial charge in [0.2, 0.25) is 0 Å². The summed E-state index contributed by atoms with van der Waals surface area (Å²) in [4.78, 5) is 0. The zero-order valence-electron chi connectivity index (χ0n) is 11.1. The summed E-state index contributed by atoms with van der Waals surface area (Å²) in [7, 11) is -3.43. The highest BCUT2D eigenvalue weighted by atomic mass is 32.2. The molecule has 2 N–H and O–H groups in total. The molecule has 1 fully saturated rings. The van der Waals surface area contributed by atoms with Gasteiger partial charge in [0.15, 0.2) is 0 Å². The van der Waals surface area contributed by atoms with Crippen LogP contribution in [-0.2, 0) is 14.9 Å². The molecule has 1 aliphatic rings. The number of aliphatic hydroxyl groups excluding tert-OH is 1. The first-order chi connectivity index (χ1) is 8.45. The minimum Gasteiger partial charge on any atom is -0.396 e. The van der Waals surface area contributed by atoms with Crippen LogP contribution in [0.15, 0.2) is 0 Å². The first-order valence-corrected chi connectivity index (χ1v) is 7.87. The number of piperidine rings is 1. The summed E-state index contributed by atoms with van der Waals surface area (Å²) in [5.74, 6) is 0.0576. The Kier molecular flexibility index (Phi) is 6.51. The summed E-state index contributed by atoms with van der Waals surface area (Å²) in [6, 6.07) is 0. The Hall–Kier alpha value is -0.210. The van der Waals surface area contributed by atoms with Crippen LogP contribution in [0.2, 0.25) is 0 Å². The summed E-state index contributed by atoms with van der Waals surface area (Å²) < 4.78 is 33.1. The molecular formula is C11H24N2O4S. The van der Waals surface area contributed by atoms with Crippen molar-refractivity contribution in [2.75, 3.05) is 32.8 Å². The molecule has 108 valence electrons. The Morgan fingerprint density at radius 2 is 2.22 bits per heavy atom. The number of ether oxygens (including phenoxy) is 1. The molecule has 0 amide bonds. The van der Waals surface area contributed by atoms with Crippen molar-refractivity contribution in [2.45, 2.75) is 32.8 Å². The van der Waals surface area contributed by atoms with Crippen LogP contribution in [0.4, 0.5) is 0 Å². The van der Waals surface area contributed by atoms with E-state index in [1.54, 1.807) is 0 Å². The summed E-state index contributed by atoms with van der Waals surface area (Å²) in [6.07, 6.45) is 1.79. The van der Waals surface area contributed by atoms with Crippen molar-refractivity contribution in [1.82, 2.24) is 9.03 Å². The molecule has 7 heteroatoms. The summed E-state index contributed by atoms with van der Waals surface area (Å²) in [6.45, 7) is 5.43. The quantitative estimate of drug-likeness (QED) is 0.641. The lowest BCUT2D eigenvalue weighted by Crippen LogP contribution is -2.47. The van der Waals surface area contributed by atoms with Gasteiger partial charge >= 0.3 is 0 Å². The van der Waals surface area contributed by atoms with E-state index >= 15 is 0 Å². The van der Waals surface area contributed by atoms with E-state index in [4.69, 9.17) is 9.84 Å². The Labute approximate surface area is 109 Å². The van der Waals surface area contributed by atoms with Crippen LogP contribution in [0.1, 0.15) is 26.7 Å². The van der Waals surface area contributed by atoms with Gasteiger partial charge in [0.25, 0.3) is 10.2 Å². The smallest absolute Gasteiger partial charge is 0.279 e. The van der Waals surface area contributed by atoms with E-state index in [2.05, 4.69) is 4.72 Å². The highest BCUT2D eigenvalue weighted by Gasteiger charge is 2.27. The molecule has 1 unspecified atom stereocenters. The maximum absolute atomic E-state index is 12.0. The average molecular weight is 280 g/mol. The molecular weight excluding hydrogens is 256 g/mol. The topological polar surface area (TPSA) is 78.9 Å². The lowest BCUT2D eigenvalue weighted by atomic mass is 10.0. The van der Waals surface area contributed by atoms with Crippen molar-refractivity contribution < 1.29 is 18.3 Å². The zero-order valence-corrected chi connectivity index (χ0v) is 11.9. The normalized spacial score (nSPS) is 22.6. The minimum atomic E-state index is -3.43. The Morgan fingerprint density at radius 1 is 1.50 bits per heavy atom. The van der Waals surface area contributed by atoms with E-state index < -0.39 is 10.2 Å². The van der Waals surface area contributed by atoms with Gasteiger partial charge < -0.3 is 9.84 Å². The molecule has 1 rings (SSSR count). The molecule has 0 spiro atoms. The molecule has 0 aromatic rings. The van der Waals surface area contributed by atoms with E-state index in [0.29, 0.717) is 19.7 Å². The van der Waals surface area contributed by atoms with Gasteiger partial charge in [0.05, 0.1) is 12.7 Å². The predicted molar refractivity (Wildman–Crippen MR) is 69.4 cm³/mol. The number of hydrogen-bond donors (Lipinski definition) is 2. The fourth-order valence-electron chi connectivity index (χ4n) is 1.95. The van der Waals surface area contributed by atoms with Crippen LogP contribution in [-0.4, -0.2) is 56.8 Å². The molecule has 0 saturated carbocycles. The van der Waals surface area contributed by atoms with E-state index in [1.165, 1.54) is 4.31 Å². The van der Waals surface area contributed by atoms with Gasteiger partial charge in [-0.1, -0.05) is 0 Å². The van der Waals surface area contributed by atoms with Gasteiger partial charge in [-0.2, -0.15) is 17.4 Å². The molecule has 18 heavy (non-hydrogen) atoms. The SMILES string of the molecule is CC(C)OCCNS(=O)(=O)N1CCCC(CO)C1. The second-order valence-electron chi connectivity index (χ2n) is 4.87. The maximum Gasteiger partial charge on any atom is 0.279 e. The molecule has 1 atom stereocenters. The standard InChI is InChI=1S/C11H24N2O4S/c1-10(2)17-7-5-12-18(15,16)13-6-3-4-11(8-13)9-14/h10-12,14H,3-9H2,1-2H3. The predicted octanol–water partition coefficient (Wildman–Crippen LogP) is -0.0499. The number of hydrogen-bond acceptors (Lipinski definition) is 4. The molecule has 1 saturated heterocycles. The van der Waals surface area contributed by atoms with Gasteiger partial charge in [-0.05, 0) is 32.6 Å². The van der Waals surface area contributed by atoms with E-state index in [1.807, 2.05) is 13.8 Å². The fourth-order valence-corrected chi connectivity index (χ4v) is 3.25. The van der Waals surface area contributed by atoms with E-state index in [0.717, 1.165) is 12.8 Å². The molecule has 0 aromatic carbocycles. The van der Waals surface area contributed by atoms with Crippen molar-refractivity contribution in [3.63, 3.8) is 0 Å². The monoisotopic (exact) mass is 280 g/mol. The van der Waals surface area contributed by atoms with Gasteiger partial charge in [0, 0.05) is 26.2 Å². The maximum atomic E-state index is 12.0. The first kappa shape index (κ1) is 15.8. The summed E-state index contributed by atoms with van der Waals surface area (Å²) in [5, 5.41) is 9.09. The number of aliphatic hydroxyl groups is 1. The highest BCUT2D eigenvalue weighted by molar-refractivity contribution is 7.87. The second-order valence-corrected chi connectivity index (χ2v) is 6.62. The average Bonchev–Trinajstić information content (AvgIpc) is 2.34. The zero-order chi connectivity index (χ0) is 13.6. The van der Waals surface area contributed by atoms with E-state index in [-0.39, 0.29) is 25.2 Å². The molecule has 1 aliphatic heterocycles. The van der Waals surface area contributed by atoms with Crippen molar-refractivity contribution in [3.8, 4) is 0 Å². The number of nitrogens with one attached hydrogen (secondary N) is 1. The molecule has 1 heterocycles. The van der Waals surface area contributed by atoms with Gasteiger partial charge in [0.1, 0.15) is 0 Å². The van der Waals surface area contributed by atoms with Crippen LogP contribution in [0.25, 0.3) is 0 Å². The van der Waals surface area contributed by atoms with Crippen molar-refractivity contribution >= 4 is 10.2 Å². The van der Waals surface area contributed by atoms with Crippen LogP contribution in [0.3, 0.4) is 0 Å². The van der Waals surface area contributed by atoms with Crippen molar-refractivity contribution in [1.29, 1.82) is 0 Å². The van der Waals surface area contributed by atoms with Crippen LogP contribution in [0.5, 0.6) is 0 Å². The minimum absolute atomic E-state index is 0.0441. The Morgan fingerprint density at radius 3 is 2.83 bits per heavy atom. The summed E-state index contributed by atoms with van der Waals surface area (Å²) in [5.41, 5.74) is 0. The van der Waals surface area contributed by atoms with E-state index in [9.17, 15) is 8.42 Å². The third-order valence-corrected chi connectivity index (χ3v) is 4.50. The third kappa shape index (κ3) is 5.19. The number of nitrogens with zero attached hydrogens (tertiary/aromatic N) is 1. The lowest BCUT2D eigenvalue weighted by molar-refractivity contribution is 0.0829. The van der Waals surface area contributed by atoms with Crippen LogP contribution < -0.4 is 4.72 Å². The highest BCUT2D eigenvalue weighted by Crippen LogP contribution is 2.17. The fraction of sp³-hybridized carbons (Fsp3) is 1.00. The molecule has 0 radical (unpaired) electrons. The Bertz CT molecular complexity index is 332. The van der Waals surface area contributed by atoms with Gasteiger partial charge in [-0.25, -0.2) is 0 Å². The lowest BCUT2D eigenvalue weighted by Gasteiger charge is -2.30. The molecule has 6 nitrogen and oxygen atoms in total. The molecule has 0 aliphatic carbocycles. The van der Waals surface area contributed by atoms with Crippen molar-refractivity contribution in [2.24, 2.45) is 5.92 Å². The van der Waals surface area contributed by atoms with Crippen LogP contribution in [0, 0.1) is 5.92 Å². The molecule has 0 aromatic heterocycles. The van der Waals surface area contributed by atoms with Gasteiger partial charge in [-0.15, -0.1) is 0 Å². The van der Waals surface area contributed by atoms with Crippen LogP contribution >= 0.6 is 0 Å². The largest absolute Gasteiger partial charge is 0.396 e. The second kappa shape index (κ2) is 7.40. The Balaban J connectivity index is 2.38. The first-order valence-electron chi connectivity index (χ1n) is 6.43. The van der Waals surface area contributed by atoms with Gasteiger partial charge in [-0.3, -0.25) is 0 Å². The summed E-state index contributed by atoms with van der Waals surface area (Å²) >= 11 is 0. The number of rotatable bonds is 7. The van der Waals surface area contributed by atoms with Crippen molar-refractivity contribution in [3.05, 3.63) is 0 Å². The third-order valence-electron chi connectivity index (χ3n) is 2.92.